The monoisotopic (exact) mass is 441 g/mol. The Morgan fingerprint density at radius 3 is 2.42 bits per heavy atom. The number of nitrogens with zero attached hydrogens (tertiary/aromatic N) is 4. The van der Waals surface area contributed by atoms with Gasteiger partial charge in [0.2, 0.25) is 0 Å². The van der Waals surface area contributed by atoms with Crippen LogP contribution < -0.4 is 10.2 Å². The van der Waals surface area contributed by atoms with Crippen molar-refractivity contribution >= 4 is 32.5 Å². The number of aryl methyl sites for hydroxylation is 1. The van der Waals surface area contributed by atoms with Crippen LogP contribution in [-0.4, -0.2) is 47.8 Å². The Kier molecular flexibility index (Phi) is 5.00. The van der Waals surface area contributed by atoms with Gasteiger partial charge in [0.1, 0.15) is 11.3 Å². The van der Waals surface area contributed by atoms with Crippen molar-refractivity contribution < 1.29 is 12.8 Å². The number of anilines is 2. The second-order valence-electron chi connectivity index (χ2n) is 8.31. The molecule has 31 heavy (non-hydrogen) atoms. The van der Waals surface area contributed by atoms with E-state index in [1.807, 2.05) is 13.0 Å². The summed E-state index contributed by atoms with van der Waals surface area (Å²) < 4.78 is 39.2. The zero-order valence-corrected chi connectivity index (χ0v) is 18.1. The van der Waals surface area contributed by atoms with E-state index in [2.05, 4.69) is 15.2 Å². The van der Waals surface area contributed by atoms with E-state index in [1.54, 1.807) is 6.20 Å². The molecule has 0 unspecified atom stereocenters. The first kappa shape index (κ1) is 20.1. The number of halogens is 1. The van der Waals surface area contributed by atoms with Crippen LogP contribution in [0.25, 0.3) is 11.0 Å². The van der Waals surface area contributed by atoms with Gasteiger partial charge in [-0.05, 0) is 62.9 Å². The number of hydrogen-bond acceptors (Lipinski definition) is 7. The van der Waals surface area contributed by atoms with Crippen molar-refractivity contribution in [1.82, 2.24) is 15.0 Å². The summed E-state index contributed by atoms with van der Waals surface area (Å²) in [7, 11) is -3.50. The molecule has 1 saturated heterocycles. The average Bonchev–Trinajstić information content (AvgIpc) is 3.58. The van der Waals surface area contributed by atoms with Crippen molar-refractivity contribution in [3.05, 3.63) is 48.0 Å². The Bertz CT molecular complexity index is 1220. The number of pyridine rings is 1. The molecule has 0 amide bonds. The van der Waals surface area contributed by atoms with Crippen LogP contribution in [0.5, 0.6) is 0 Å². The zero-order chi connectivity index (χ0) is 21.6. The van der Waals surface area contributed by atoms with Gasteiger partial charge >= 0.3 is 0 Å². The van der Waals surface area contributed by atoms with Crippen molar-refractivity contribution in [3.63, 3.8) is 0 Å². The largest absolute Gasteiger partial charge is 0.364 e. The van der Waals surface area contributed by atoms with E-state index < -0.39 is 20.9 Å². The molecule has 0 spiro atoms. The molecule has 3 aromatic rings. The molecular formula is C22H24FN5O2S. The van der Waals surface area contributed by atoms with Crippen LogP contribution >= 0.6 is 0 Å². The average molecular weight is 442 g/mol. The van der Waals surface area contributed by atoms with E-state index >= 15 is 0 Å². The van der Waals surface area contributed by atoms with E-state index in [0.717, 1.165) is 41.2 Å². The highest BCUT2D eigenvalue weighted by Gasteiger charge is 2.33. The highest BCUT2D eigenvalue weighted by atomic mass is 32.2. The van der Waals surface area contributed by atoms with Crippen molar-refractivity contribution in [2.45, 2.75) is 48.8 Å². The summed E-state index contributed by atoms with van der Waals surface area (Å²) in [4.78, 5) is 16.2. The molecule has 0 radical (unpaired) electrons. The molecule has 1 aliphatic heterocycles. The van der Waals surface area contributed by atoms with Gasteiger partial charge < -0.3 is 10.2 Å². The minimum absolute atomic E-state index is 0.176. The topological polar surface area (TPSA) is 88.1 Å². The van der Waals surface area contributed by atoms with Gasteiger partial charge in [-0.1, -0.05) is 0 Å². The molecule has 1 aliphatic carbocycles. The second kappa shape index (κ2) is 7.71. The molecule has 1 N–H and O–H groups in total. The standard InChI is InChI=1S/C22H24FN5O2S/c1-14-12-19-20(13-24-14)27-22(21(26-19)25-16-4-5-16)28-10-8-18(9-11-28)31(29,30)17-6-2-15(23)3-7-17/h2-3,6-7,12-13,16,18H,4-5,8-11H2,1H3,(H,25,26). The summed E-state index contributed by atoms with van der Waals surface area (Å²) in [6.07, 6.45) is 4.93. The van der Waals surface area contributed by atoms with E-state index in [9.17, 15) is 12.8 Å². The third-order valence-corrected chi connectivity index (χ3v) is 8.19. The lowest BCUT2D eigenvalue weighted by Gasteiger charge is -2.33. The van der Waals surface area contributed by atoms with Crippen LogP contribution in [0, 0.1) is 12.7 Å². The van der Waals surface area contributed by atoms with E-state index in [4.69, 9.17) is 9.97 Å². The molecule has 1 aromatic carbocycles. The van der Waals surface area contributed by atoms with Gasteiger partial charge in [0.05, 0.1) is 21.9 Å². The number of benzene rings is 1. The van der Waals surface area contributed by atoms with E-state index in [1.165, 1.54) is 24.3 Å². The number of aromatic nitrogens is 3. The predicted molar refractivity (Wildman–Crippen MR) is 118 cm³/mol. The predicted octanol–water partition coefficient (Wildman–Crippen LogP) is 3.49. The zero-order valence-electron chi connectivity index (χ0n) is 17.3. The Morgan fingerprint density at radius 2 is 1.74 bits per heavy atom. The normalized spacial score (nSPS) is 17.8. The van der Waals surface area contributed by atoms with Crippen LogP contribution in [0.4, 0.5) is 16.0 Å². The summed E-state index contributed by atoms with van der Waals surface area (Å²) in [6.45, 7) is 3.04. The molecule has 0 atom stereocenters. The van der Waals surface area contributed by atoms with Crippen molar-refractivity contribution in [1.29, 1.82) is 0 Å². The fourth-order valence-electron chi connectivity index (χ4n) is 3.98. The first-order chi connectivity index (χ1) is 14.9. The summed E-state index contributed by atoms with van der Waals surface area (Å²) in [5, 5.41) is 2.98. The van der Waals surface area contributed by atoms with Crippen LogP contribution in [0.2, 0.25) is 0 Å². The fraction of sp³-hybridized carbons (Fsp3) is 0.409. The third kappa shape index (κ3) is 4.06. The molecule has 162 valence electrons. The molecule has 2 aliphatic rings. The molecule has 0 bridgehead atoms. The number of hydrogen-bond donors (Lipinski definition) is 1. The Morgan fingerprint density at radius 1 is 1.03 bits per heavy atom. The van der Waals surface area contributed by atoms with Gasteiger partial charge in [-0.25, -0.2) is 22.8 Å². The summed E-state index contributed by atoms with van der Waals surface area (Å²) in [5.74, 6) is 1.06. The lowest BCUT2D eigenvalue weighted by atomic mass is 10.1. The summed E-state index contributed by atoms with van der Waals surface area (Å²) >= 11 is 0. The smallest absolute Gasteiger partial charge is 0.181 e. The van der Waals surface area contributed by atoms with Crippen molar-refractivity contribution in [3.8, 4) is 0 Å². The SMILES string of the molecule is Cc1cc2nc(NC3CC3)c(N3CCC(S(=O)(=O)c4ccc(F)cc4)CC3)nc2cn1. The quantitative estimate of drug-likeness (QED) is 0.607. The molecule has 1 saturated carbocycles. The number of sulfone groups is 1. The fourth-order valence-corrected chi connectivity index (χ4v) is 5.72. The number of fused-ring (bicyclic) bond motifs is 1. The number of rotatable bonds is 5. The first-order valence-corrected chi connectivity index (χ1v) is 12.1. The van der Waals surface area contributed by atoms with Crippen molar-refractivity contribution in [2.24, 2.45) is 0 Å². The minimum atomic E-state index is -3.50. The maximum Gasteiger partial charge on any atom is 0.181 e. The number of nitrogens with one attached hydrogen (secondary N) is 1. The maximum absolute atomic E-state index is 13.2. The molecule has 7 nitrogen and oxygen atoms in total. The highest BCUT2D eigenvalue weighted by Crippen LogP contribution is 2.33. The van der Waals surface area contributed by atoms with E-state index in [-0.39, 0.29) is 4.90 Å². The van der Waals surface area contributed by atoms with Gasteiger partial charge in [-0.15, -0.1) is 0 Å². The lowest BCUT2D eigenvalue weighted by molar-refractivity contribution is 0.528. The molecule has 2 aromatic heterocycles. The van der Waals surface area contributed by atoms with Gasteiger partial charge in [-0.3, -0.25) is 4.98 Å². The molecule has 9 heteroatoms. The summed E-state index contributed by atoms with van der Waals surface area (Å²) in [6, 6.07) is 7.42. The van der Waals surface area contributed by atoms with Crippen LogP contribution in [-0.2, 0) is 9.84 Å². The minimum Gasteiger partial charge on any atom is -0.364 e. The lowest BCUT2D eigenvalue weighted by Crippen LogP contribution is -2.40. The Hall–Kier alpha value is -2.81. The van der Waals surface area contributed by atoms with Crippen molar-refractivity contribution in [2.75, 3.05) is 23.3 Å². The van der Waals surface area contributed by atoms with Gasteiger partial charge in [0.25, 0.3) is 0 Å². The van der Waals surface area contributed by atoms with Gasteiger partial charge in [0, 0.05) is 24.8 Å². The Labute approximate surface area is 180 Å². The molecule has 3 heterocycles. The van der Waals surface area contributed by atoms with Crippen LogP contribution in [0.3, 0.4) is 0 Å². The van der Waals surface area contributed by atoms with Crippen LogP contribution in [0.15, 0.2) is 41.4 Å². The van der Waals surface area contributed by atoms with E-state index in [0.29, 0.717) is 32.0 Å². The van der Waals surface area contributed by atoms with Gasteiger partial charge in [-0.2, -0.15) is 0 Å². The maximum atomic E-state index is 13.2. The highest BCUT2D eigenvalue weighted by molar-refractivity contribution is 7.92. The first-order valence-electron chi connectivity index (χ1n) is 10.6. The second-order valence-corrected chi connectivity index (χ2v) is 10.5. The third-order valence-electron chi connectivity index (χ3n) is 5.91. The molecule has 2 fully saturated rings. The molecule has 5 rings (SSSR count). The van der Waals surface area contributed by atoms with Gasteiger partial charge in [0.15, 0.2) is 21.5 Å². The number of piperidine rings is 1. The molecular weight excluding hydrogens is 417 g/mol. The summed E-state index contributed by atoms with van der Waals surface area (Å²) in [5.41, 5.74) is 2.41. The Balaban J connectivity index is 1.39. The van der Waals surface area contributed by atoms with Crippen LogP contribution in [0.1, 0.15) is 31.4 Å².